The summed E-state index contributed by atoms with van der Waals surface area (Å²) in [6.45, 7) is 6.32. The second kappa shape index (κ2) is 3.04. The Labute approximate surface area is 86.0 Å². The van der Waals surface area contributed by atoms with Crippen LogP contribution in [0.2, 0.25) is 5.15 Å². The molecule has 0 aliphatic heterocycles. The molecular weight excluding hydrogens is 239 g/mol. The van der Waals surface area contributed by atoms with Gasteiger partial charge in [-0.25, -0.2) is 0 Å². The Bertz CT molecular complexity index is 299. The standard InChI is InChI=1S/C8H12BrClN2/c1-8(2,3)6-5(9)7(10)12(4)11-6/h1-4H3. The Balaban J connectivity index is 3.28. The normalized spacial score (nSPS) is 12.2. The van der Waals surface area contributed by atoms with E-state index in [0.29, 0.717) is 5.15 Å². The SMILES string of the molecule is Cn1nc(C(C)(C)C)c(Br)c1Cl. The van der Waals surface area contributed by atoms with Crippen LogP contribution in [0.15, 0.2) is 4.47 Å². The van der Waals surface area contributed by atoms with E-state index in [1.54, 1.807) is 4.68 Å². The summed E-state index contributed by atoms with van der Waals surface area (Å²) in [5, 5.41) is 4.97. The molecule has 0 bridgehead atoms. The Morgan fingerprint density at radius 3 is 2.08 bits per heavy atom. The number of aromatic nitrogens is 2. The minimum atomic E-state index is 0.0315. The lowest BCUT2D eigenvalue weighted by Gasteiger charge is -2.15. The van der Waals surface area contributed by atoms with Crippen LogP contribution >= 0.6 is 27.5 Å². The molecular formula is C8H12BrClN2. The fourth-order valence-electron chi connectivity index (χ4n) is 0.957. The third-order valence-corrected chi connectivity index (χ3v) is 3.05. The van der Waals surface area contributed by atoms with Gasteiger partial charge in [0, 0.05) is 12.5 Å². The van der Waals surface area contributed by atoms with E-state index >= 15 is 0 Å². The van der Waals surface area contributed by atoms with Crippen molar-refractivity contribution in [1.29, 1.82) is 0 Å². The number of aryl methyl sites for hydroxylation is 1. The van der Waals surface area contributed by atoms with E-state index in [9.17, 15) is 0 Å². The molecule has 0 aliphatic rings. The molecule has 0 saturated carbocycles. The summed E-state index contributed by atoms with van der Waals surface area (Å²) in [6, 6.07) is 0. The topological polar surface area (TPSA) is 17.8 Å². The van der Waals surface area contributed by atoms with Crippen LogP contribution in [0.3, 0.4) is 0 Å². The minimum Gasteiger partial charge on any atom is -0.256 e. The first-order chi connectivity index (χ1) is 5.34. The molecule has 0 radical (unpaired) electrons. The average molecular weight is 252 g/mol. The van der Waals surface area contributed by atoms with Gasteiger partial charge in [0.2, 0.25) is 0 Å². The lowest BCUT2D eigenvalue weighted by molar-refractivity contribution is 0.551. The quantitative estimate of drug-likeness (QED) is 0.693. The molecule has 0 N–H and O–H groups in total. The maximum absolute atomic E-state index is 5.96. The van der Waals surface area contributed by atoms with Crippen molar-refractivity contribution in [3.05, 3.63) is 15.3 Å². The van der Waals surface area contributed by atoms with Crippen LogP contribution in [-0.4, -0.2) is 9.78 Å². The Morgan fingerprint density at radius 1 is 1.42 bits per heavy atom. The molecule has 0 saturated heterocycles. The number of rotatable bonds is 0. The van der Waals surface area contributed by atoms with E-state index in [-0.39, 0.29) is 5.41 Å². The van der Waals surface area contributed by atoms with Gasteiger partial charge in [0.25, 0.3) is 0 Å². The molecule has 12 heavy (non-hydrogen) atoms. The third kappa shape index (κ3) is 1.67. The second-order valence-corrected chi connectivity index (χ2v) is 4.98. The molecule has 1 aromatic heterocycles. The number of halogens is 2. The highest BCUT2D eigenvalue weighted by Gasteiger charge is 2.23. The van der Waals surface area contributed by atoms with Crippen molar-refractivity contribution < 1.29 is 0 Å². The molecule has 0 spiro atoms. The van der Waals surface area contributed by atoms with E-state index in [1.165, 1.54) is 0 Å². The monoisotopic (exact) mass is 250 g/mol. The fraction of sp³-hybridized carbons (Fsp3) is 0.625. The molecule has 1 aromatic rings. The summed E-state index contributed by atoms with van der Waals surface area (Å²) in [5.41, 5.74) is 1.03. The van der Waals surface area contributed by atoms with Crippen LogP contribution in [0.25, 0.3) is 0 Å². The summed E-state index contributed by atoms with van der Waals surface area (Å²) in [5.74, 6) is 0. The minimum absolute atomic E-state index is 0.0315. The van der Waals surface area contributed by atoms with Crippen molar-refractivity contribution in [3.63, 3.8) is 0 Å². The molecule has 1 rings (SSSR count). The van der Waals surface area contributed by atoms with Gasteiger partial charge < -0.3 is 0 Å². The fourth-order valence-corrected chi connectivity index (χ4v) is 2.01. The van der Waals surface area contributed by atoms with Crippen LogP contribution < -0.4 is 0 Å². The average Bonchev–Trinajstić information content (AvgIpc) is 2.15. The highest BCUT2D eigenvalue weighted by Crippen LogP contribution is 2.33. The van der Waals surface area contributed by atoms with Gasteiger partial charge in [-0.2, -0.15) is 5.10 Å². The highest BCUT2D eigenvalue weighted by atomic mass is 79.9. The summed E-state index contributed by atoms with van der Waals surface area (Å²) < 4.78 is 2.57. The van der Waals surface area contributed by atoms with Gasteiger partial charge in [-0.3, -0.25) is 4.68 Å². The van der Waals surface area contributed by atoms with Gasteiger partial charge in [-0.05, 0) is 15.9 Å². The van der Waals surface area contributed by atoms with Gasteiger partial charge in [-0.15, -0.1) is 0 Å². The maximum atomic E-state index is 5.96. The predicted octanol–water partition coefficient (Wildman–Crippen LogP) is 3.13. The lowest BCUT2D eigenvalue weighted by Crippen LogP contribution is -2.13. The first-order valence-corrected chi connectivity index (χ1v) is 4.89. The lowest BCUT2D eigenvalue weighted by atomic mass is 9.93. The zero-order valence-electron chi connectivity index (χ0n) is 7.65. The smallest absolute Gasteiger partial charge is 0.141 e. The van der Waals surface area contributed by atoms with Crippen LogP contribution in [0, 0.1) is 0 Å². The molecule has 68 valence electrons. The van der Waals surface area contributed by atoms with Crippen molar-refractivity contribution in [3.8, 4) is 0 Å². The van der Waals surface area contributed by atoms with Crippen molar-refractivity contribution in [1.82, 2.24) is 9.78 Å². The van der Waals surface area contributed by atoms with Crippen molar-refractivity contribution in [2.75, 3.05) is 0 Å². The number of hydrogen-bond acceptors (Lipinski definition) is 1. The molecule has 1 heterocycles. The summed E-state index contributed by atoms with van der Waals surface area (Å²) in [7, 11) is 1.84. The van der Waals surface area contributed by atoms with Gasteiger partial charge in [0.1, 0.15) is 5.15 Å². The molecule has 0 atom stereocenters. The van der Waals surface area contributed by atoms with Gasteiger partial charge in [-0.1, -0.05) is 32.4 Å². The summed E-state index contributed by atoms with van der Waals surface area (Å²) in [6.07, 6.45) is 0. The zero-order chi connectivity index (χ0) is 9.52. The van der Waals surface area contributed by atoms with Crippen molar-refractivity contribution in [2.24, 2.45) is 7.05 Å². The van der Waals surface area contributed by atoms with E-state index < -0.39 is 0 Å². The van der Waals surface area contributed by atoms with Crippen molar-refractivity contribution in [2.45, 2.75) is 26.2 Å². The highest BCUT2D eigenvalue weighted by molar-refractivity contribution is 9.10. The largest absolute Gasteiger partial charge is 0.256 e. The van der Waals surface area contributed by atoms with E-state index in [1.807, 2.05) is 7.05 Å². The van der Waals surface area contributed by atoms with Gasteiger partial charge in [0.15, 0.2) is 0 Å². The third-order valence-electron chi connectivity index (χ3n) is 1.63. The molecule has 0 amide bonds. The molecule has 4 heteroatoms. The maximum Gasteiger partial charge on any atom is 0.141 e. The first kappa shape index (κ1) is 10.1. The van der Waals surface area contributed by atoms with E-state index in [4.69, 9.17) is 11.6 Å². The van der Waals surface area contributed by atoms with E-state index in [2.05, 4.69) is 41.8 Å². The molecule has 2 nitrogen and oxygen atoms in total. The second-order valence-electron chi connectivity index (χ2n) is 3.83. The van der Waals surface area contributed by atoms with Gasteiger partial charge >= 0.3 is 0 Å². The predicted molar refractivity (Wildman–Crippen MR) is 54.6 cm³/mol. The van der Waals surface area contributed by atoms with Crippen LogP contribution in [0.4, 0.5) is 0 Å². The zero-order valence-corrected chi connectivity index (χ0v) is 9.99. The molecule has 0 fully saturated rings. The molecule has 0 aliphatic carbocycles. The Morgan fingerprint density at radius 2 is 1.92 bits per heavy atom. The van der Waals surface area contributed by atoms with Crippen LogP contribution in [-0.2, 0) is 12.5 Å². The van der Waals surface area contributed by atoms with Crippen molar-refractivity contribution >= 4 is 27.5 Å². The molecule has 0 unspecified atom stereocenters. The number of hydrogen-bond donors (Lipinski definition) is 0. The van der Waals surface area contributed by atoms with E-state index in [0.717, 1.165) is 10.2 Å². The van der Waals surface area contributed by atoms with Gasteiger partial charge in [0.05, 0.1) is 10.2 Å². The first-order valence-electron chi connectivity index (χ1n) is 3.72. The Kier molecular flexibility index (Phi) is 2.55. The molecule has 0 aromatic carbocycles. The van der Waals surface area contributed by atoms with Crippen LogP contribution in [0.1, 0.15) is 26.5 Å². The summed E-state index contributed by atoms with van der Waals surface area (Å²) >= 11 is 9.38. The Hall–Kier alpha value is -0.0200. The summed E-state index contributed by atoms with van der Waals surface area (Å²) in [4.78, 5) is 0. The number of nitrogens with zero attached hydrogens (tertiary/aromatic N) is 2. The van der Waals surface area contributed by atoms with Crippen LogP contribution in [0.5, 0.6) is 0 Å².